The molecule has 1 aliphatic rings. The van der Waals surface area contributed by atoms with E-state index in [0.29, 0.717) is 36.4 Å². The Balaban J connectivity index is 1.76. The van der Waals surface area contributed by atoms with Crippen LogP contribution < -0.4 is 4.90 Å². The van der Waals surface area contributed by atoms with Crippen LogP contribution in [0.1, 0.15) is 18.1 Å². The van der Waals surface area contributed by atoms with Crippen LogP contribution >= 0.6 is 0 Å². The van der Waals surface area contributed by atoms with Gasteiger partial charge < -0.3 is 4.90 Å². The lowest BCUT2D eigenvalue weighted by Gasteiger charge is -2.39. The number of benzene rings is 2. The molecule has 1 amide bonds. The van der Waals surface area contributed by atoms with E-state index >= 15 is 0 Å². The Morgan fingerprint density at radius 2 is 1.83 bits per heavy atom. The van der Waals surface area contributed by atoms with Crippen molar-refractivity contribution >= 4 is 11.6 Å². The highest BCUT2D eigenvalue weighted by Gasteiger charge is 2.32. The number of hydrogen-bond donors (Lipinski definition) is 0. The van der Waals surface area contributed by atoms with Gasteiger partial charge in [0.15, 0.2) is 0 Å². The molecule has 0 saturated carbocycles. The number of hydrogen-bond acceptors (Lipinski definition) is 2. The standard InChI is InChI=1S/C19H20F2N2O/c1-13-7-8-16(11-18(13)21)23-10-9-22(14(2)19(23)24)12-15-5-3-4-6-17(15)20/h3-8,11,14H,9-10,12H2,1-2H3/t14-/m0/s1. The van der Waals surface area contributed by atoms with Gasteiger partial charge in [0.25, 0.3) is 0 Å². The monoisotopic (exact) mass is 330 g/mol. The fourth-order valence-corrected chi connectivity index (χ4v) is 2.98. The van der Waals surface area contributed by atoms with Gasteiger partial charge in [-0.25, -0.2) is 8.78 Å². The lowest BCUT2D eigenvalue weighted by atomic mass is 10.1. The minimum Gasteiger partial charge on any atom is -0.310 e. The summed E-state index contributed by atoms with van der Waals surface area (Å²) in [6.07, 6.45) is 0. The zero-order valence-corrected chi connectivity index (χ0v) is 13.8. The maximum atomic E-state index is 13.8. The second kappa shape index (κ2) is 6.69. The van der Waals surface area contributed by atoms with Crippen molar-refractivity contribution < 1.29 is 13.6 Å². The smallest absolute Gasteiger partial charge is 0.244 e. The molecule has 0 bridgehead atoms. The number of nitrogens with zero attached hydrogens (tertiary/aromatic N) is 2. The summed E-state index contributed by atoms with van der Waals surface area (Å²) in [6.45, 7) is 4.95. The third-order valence-electron chi connectivity index (χ3n) is 4.58. The molecule has 2 aromatic rings. The van der Waals surface area contributed by atoms with Crippen LogP contribution in [-0.4, -0.2) is 29.9 Å². The van der Waals surface area contributed by atoms with Crippen molar-refractivity contribution in [2.24, 2.45) is 0 Å². The predicted octanol–water partition coefficient (Wildman–Crippen LogP) is 3.51. The second-order valence-electron chi connectivity index (χ2n) is 6.16. The zero-order valence-electron chi connectivity index (χ0n) is 13.8. The summed E-state index contributed by atoms with van der Waals surface area (Å²) in [5.74, 6) is -0.678. The van der Waals surface area contributed by atoms with Crippen molar-refractivity contribution in [1.29, 1.82) is 0 Å². The van der Waals surface area contributed by atoms with Crippen molar-refractivity contribution in [2.45, 2.75) is 26.4 Å². The third-order valence-corrected chi connectivity index (χ3v) is 4.58. The molecule has 0 unspecified atom stereocenters. The van der Waals surface area contributed by atoms with Crippen LogP contribution in [0.5, 0.6) is 0 Å². The topological polar surface area (TPSA) is 23.6 Å². The molecule has 0 N–H and O–H groups in total. The first kappa shape index (κ1) is 16.6. The maximum absolute atomic E-state index is 13.8. The van der Waals surface area contributed by atoms with Gasteiger partial charge in [0.2, 0.25) is 5.91 Å². The van der Waals surface area contributed by atoms with E-state index < -0.39 is 0 Å². The fraction of sp³-hybridized carbons (Fsp3) is 0.316. The van der Waals surface area contributed by atoms with Crippen molar-refractivity contribution in [3.05, 3.63) is 65.2 Å². The molecule has 1 saturated heterocycles. The molecule has 1 fully saturated rings. The number of piperazine rings is 1. The highest BCUT2D eigenvalue weighted by molar-refractivity contribution is 5.97. The zero-order chi connectivity index (χ0) is 17.3. The molecule has 1 heterocycles. The Bertz CT molecular complexity index is 763. The van der Waals surface area contributed by atoms with Gasteiger partial charge in [-0.15, -0.1) is 0 Å². The molecule has 3 nitrogen and oxygen atoms in total. The molecular formula is C19H20F2N2O. The van der Waals surface area contributed by atoms with Crippen LogP contribution in [0.15, 0.2) is 42.5 Å². The van der Waals surface area contributed by atoms with Crippen molar-refractivity contribution in [3.8, 4) is 0 Å². The highest BCUT2D eigenvalue weighted by atomic mass is 19.1. The van der Waals surface area contributed by atoms with E-state index in [1.807, 2.05) is 4.90 Å². The molecule has 0 aromatic heterocycles. The second-order valence-corrected chi connectivity index (χ2v) is 6.16. The first-order valence-corrected chi connectivity index (χ1v) is 8.02. The van der Waals surface area contributed by atoms with E-state index in [1.54, 1.807) is 49.1 Å². The van der Waals surface area contributed by atoms with Gasteiger partial charge >= 0.3 is 0 Å². The number of halogens is 2. The van der Waals surface area contributed by atoms with E-state index in [9.17, 15) is 13.6 Å². The Hall–Kier alpha value is -2.27. The number of amides is 1. The first-order valence-electron chi connectivity index (χ1n) is 8.02. The highest BCUT2D eigenvalue weighted by Crippen LogP contribution is 2.24. The summed E-state index contributed by atoms with van der Waals surface area (Å²) in [4.78, 5) is 16.2. The van der Waals surface area contributed by atoms with Gasteiger partial charge in [0.1, 0.15) is 11.6 Å². The Morgan fingerprint density at radius 1 is 1.08 bits per heavy atom. The number of aryl methyl sites for hydroxylation is 1. The van der Waals surface area contributed by atoms with E-state index in [1.165, 1.54) is 12.1 Å². The van der Waals surface area contributed by atoms with Gasteiger partial charge in [-0.2, -0.15) is 0 Å². The molecule has 1 atom stereocenters. The number of carbonyl (C=O) groups is 1. The molecule has 126 valence electrons. The first-order chi connectivity index (χ1) is 11.5. The van der Waals surface area contributed by atoms with Crippen LogP contribution in [0, 0.1) is 18.6 Å². The largest absolute Gasteiger partial charge is 0.310 e. The molecule has 0 spiro atoms. The summed E-state index contributed by atoms with van der Waals surface area (Å²) in [5, 5.41) is 0. The van der Waals surface area contributed by atoms with Crippen LogP contribution in [0.2, 0.25) is 0 Å². The number of carbonyl (C=O) groups excluding carboxylic acids is 1. The Morgan fingerprint density at radius 3 is 2.54 bits per heavy atom. The summed E-state index contributed by atoms with van der Waals surface area (Å²) in [7, 11) is 0. The lowest BCUT2D eigenvalue weighted by molar-refractivity contribution is -0.125. The van der Waals surface area contributed by atoms with Gasteiger partial charge in [-0.3, -0.25) is 9.69 Å². The summed E-state index contributed by atoms with van der Waals surface area (Å²) in [6, 6.07) is 11.0. The van der Waals surface area contributed by atoms with Crippen molar-refractivity contribution in [3.63, 3.8) is 0 Å². The minimum atomic E-state index is -0.386. The van der Waals surface area contributed by atoms with Crippen LogP contribution in [0.25, 0.3) is 0 Å². The molecular weight excluding hydrogens is 310 g/mol. The summed E-state index contributed by atoms with van der Waals surface area (Å²) >= 11 is 0. The maximum Gasteiger partial charge on any atom is 0.244 e. The lowest BCUT2D eigenvalue weighted by Crippen LogP contribution is -2.55. The van der Waals surface area contributed by atoms with E-state index in [0.717, 1.165) is 0 Å². The molecule has 0 radical (unpaired) electrons. The summed E-state index contributed by atoms with van der Waals surface area (Å²) in [5.41, 5.74) is 1.70. The fourth-order valence-electron chi connectivity index (χ4n) is 2.98. The molecule has 3 rings (SSSR count). The van der Waals surface area contributed by atoms with Crippen LogP contribution in [0.4, 0.5) is 14.5 Å². The predicted molar refractivity (Wildman–Crippen MR) is 89.8 cm³/mol. The molecule has 0 aliphatic carbocycles. The Kier molecular flexibility index (Phi) is 4.62. The van der Waals surface area contributed by atoms with E-state index in [-0.39, 0.29) is 23.6 Å². The van der Waals surface area contributed by atoms with Gasteiger partial charge in [0.05, 0.1) is 6.04 Å². The average molecular weight is 330 g/mol. The van der Waals surface area contributed by atoms with Crippen LogP contribution in [-0.2, 0) is 11.3 Å². The Labute approximate surface area is 140 Å². The number of rotatable bonds is 3. The molecule has 1 aliphatic heterocycles. The van der Waals surface area contributed by atoms with E-state index in [4.69, 9.17) is 0 Å². The van der Waals surface area contributed by atoms with Crippen molar-refractivity contribution in [1.82, 2.24) is 4.90 Å². The third kappa shape index (κ3) is 3.17. The molecule has 5 heteroatoms. The quantitative estimate of drug-likeness (QED) is 0.860. The molecule has 2 aromatic carbocycles. The normalized spacial score (nSPS) is 18.9. The van der Waals surface area contributed by atoms with Gasteiger partial charge in [-0.1, -0.05) is 24.3 Å². The average Bonchev–Trinajstić information content (AvgIpc) is 2.57. The van der Waals surface area contributed by atoms with Gasteiger partial charge in [0, 0.05) is 30.9 Å². The molecule has 24 heavy (non-hydrogen) atoms. The van der Waals surface area contributed by atoms with Gasteiger partial charge in [-0.05, 0) is 37.6 Å². The summed E-state index contributed by atoms with van der Waals surface area (Å²) < 4.78 is 27.6. The van der Waals surface area contributed by atoms with Crippen molar-refractivity contribution in [2.75, 3.05) is 18.0 Å². The van der Waals surface area contributed by atoms with E-state index in [2.05, 4.69) is 0 Å². The van der Waals surface area contributed by atoms with Crippen LogP contribution in [0.3, 0.4) is 0 Å². The number of anilines is 1. The minimum absolute atomic E-state index is 0.0964. The SMILES string of the molecule is Cc1ccc(N2CCN(Cc3ccccc3F)[C@@H](C)C2=O)cc1F.